The first-order chi connectivity index (χ1) is 11.0. The average Bonchev–Trinajstić information content (AvgIpc) is 2.52. The molecule has 23 heavy (non-hydrogen) atoms. The number of carbonyl (C=O) groups excluding carboxylic acids is 2. The van der Waals surface area contributed by atoms with Gasteiger partial charge in [-0.1, -0.05) is 56.3 Å². The van der Waals surface area contributed by atoms with Gasteiger partial charge in [-0.05, 0) is 25.3 Å². The van der Waals surface area contributed by atoms with E-state index in [1.165, 1.54) is 0 Å². The van der Waals surface area contributed by atoms with Gasteiger partial charge in [-0.25, -0.2) is 0 Å². The second-order valence-electron chi connectivity index (χ2n) is 5.57. The van der Waals surface area contributed by atoms with Crippen molar-refractivity contribution < 1.29 is 19.1 Å². The molecule has 0 amide bonds. The summed E-state index contributed by atoms with van der Waals surface area (Å²) >= 11 is 0. The molecule has 0 saturated heterocycles. The lowest BCUT2D eigenvalue weighted by atomic mass is 9.82. The molecule has 0 aliphatic rings. The molecule has 0 bridgehead atoms. The molecule has 0 radical (unpaired) electrons. The van der Waals surface area contributed by atoms with Crippen LogP contribution in [0.15, 0.2) is 36.4 Å². The molecular formula is C19H26O4. The number of carbonyl (C=O) groups is 2. The number of hydrogen-bond acceptors (Lipinski definition) is 4. The van der Waals surface area contributed by atoms with Gasteiger partial charge < -0.3 is 9.47 Å². The van der Waals surface area contributed by atoms with E-state index in [9.17, 15) is 9.59 Å². The van der Waals surface area contributed by atoms with E-state index in [4.69, 9.17) is 9.47 Å². The van der Waals surface area contributed by atoms with Gasteiger partial charge in [-0.3, -0.25) is 9.59 Å². The highest BCUT2D eigenvalue weighted by Gasteiger charge is 2.37. The number of esters is 2. The maximum absolute atomic E-state index is 12.3. The van der Waals surface area contributed by atoms with E-state index in [1.54, 1.807) is 13.8 Å². The fraction of sp³-hybridized carbons (Fsp3) is 0.474. The molecule has 1 unspecified atom stereocenters. The minimum atomic E-state index is -0.935. The van der Waals surface area contributed by atoms with Crippen molar-refractivity contribution in [2.24, 2.45) is 17.8 Å². The highest BCUT2D eigenvalue weighted by molar-refractivity contribution is 5.95. The van der Waals surface area contributed by atoms with Crippen LogP contribution in [-0.4, -0.2) is 25.2 Å². The molecule has 0 N–H and O–H groups in total. The topological polar surface area (TPSA) is 52.6 Å². The zero-order valence-corrected chi connectivity index (χ0v) is 14.3. The Hall–Kier alpha value is -2.10. The molecule has 0 fully saturated rings. The van der Waals surface area contributed by atoms with Crippen LogP contribution in [0.25, 0.3) is 6.08 Å². The Kier molecular flexibility index (Phi) is 8.09. The molecule has 0 heterocycles. The van der Waals surface area contributed by atoms with E-state index in [1.807, 2.05) is 56.3 Å². The summed E-state index contributed by atoms with van der Waals surface area (Å²) in [6.45, 7) is 7.88. The lowest BCUT2D eigenvalue weighted by Crippen LogP contribution is -2.36. The van der Waals surface area contributed by atoms with Crippen molar-refractivity contribution in [2.75, 3.05) is 13.2 Å². The molecule has 1 atom stereocenters. The highest BCUT2D eigenvalue weighted by Crippen LogP contribution is 2.26. The summed E-state index contributed by atoms with van der Waals surface area (Å²) in [5.74, 6) is -2.18. The third kappa shape index (κ3) is 5.89. The van der Waals surface area contributed by atoms with E-state index in [2.05, 4.69) is 0 Å². The van der Waals surface area contributed by atoms with E-state index in [0.29, 0.717) is 0 Å². The number of benzene rings is 1. The Bertz CT molecular complexity index is 501. The number of rotatable bonds is 8. The Morgan fingerprint density at radius 2 is 1.52 bits per heavy atom. The first-order valence-corrected chi connectivity index (χ1v) is 8.07. The number of allylic oxidation sites excluding steroid dienone is 1. The van der Waals surface area contributed by atoms with Gasteiger partial charge in [0.2, 0.25) is 0 Å². The van der Waals surface area contributed by atoms with Crippen molar-refractivity contribution >= 4 is 18.0 Å². The molecule has 1 aromatic carbocycles. The van der Waals surface area contributed by atoms with Crippen molar-refractivity contribution in [2.45, 2.75) is 27.7 Å². The average molecular weight is 318 g/mol. The number of ether oxygens (including phenoxy) is 2. The monoisotopic (exact) mass is 318 g/mol. The zero-order chi connectivity index (χ0) is 17.2. The van der Waals surface area contributed by atoms with Gasteiger partial charge in [0, 0.05) is 5.92 Å². The Balaban J connectivity index is 3.06. The standard InChI is InChI=1S/C19H26O4/c1-5-22-18(20)17(19(21)23-6-2)16(14(3)4)13-12-15-10-8-7-9-11-15/h7-14,16-17H,5-6H2,1-4H3/b13-12+. The van der Waals surface area contributed by atoms with Crippen molar-refractivity contribution in [3.05, 3.63) is 42.0 Å². The first-order valence-electron chi connectivity index (χ1n) is 8.07. The van der Waals surface area contributed by atoms with Gasteiger partial charge >= 0.3 is 11.9 Å². The quantitative estimate of drug-likeness (QED) is 0.541. The van der Waals surface area contributed by atoms with Gasteiger partial charge in [0.1, 0.15) is 0 Å². The fourth-order valence-corrected chi connectivity index (χ4v) is 2.38. The molecule has 0 aliphatic carbocycles. The molecular weight excluding hydrogens is 292 g/mol. The van der Waals surface area contributed by atoms with E-state index in [-0.39, 0.29) is 25.0 Å². The third-order valence-corrected chi connectivity index (χ3v) is 3.55. The molecule has 0 aromatic heterocycles. The molecule has 0 aliphatic heterocycles. The summed E-state index contributed by atoms with van der Waals surface area (Å²) in [5, 5.41) is 0. The summed E-state index contributed by atoms with van der Waals surface area (Å²) in [6.07, 6.45) is 3.83. The van der Waals surface area contributed by atoms with Gasteiger partial charge in [0.15, 0.2) is 5.92 Å². The third-order valence-electron chi connectivity index (χ3n) is 3.55. The molecule has 126 valence electrons. The van der Waals surface area contributed by atoms with Crippen molar-refractivity contribution in [3.8, 4) is 0 Å². The SMILES string of the molecule is CCOC(=O)C(C(=O)OCC)C(/C=C/c1ccccc1)C(C)C. The smallest absolute Gasteiger partial charge is 0.320 e. The van der Waals surface area contributed by atoms with Gasteiger partial charge in [0.25, 0.3) is 0 Å². The van der Waals surface area contributed by atoms with Crippen LogP contribution in [0.3, 0.4) is 0 Å². The maximum atomic E-state index is 12.3. The largest absolute Gasteiger partial charge is 0.465 e. The lowest BCUT2D eigenvalue weighted by molar-refractivity contribution is -0.164. The summed E-state index contributed by atoms with van der Waals surface area (Å²) in [7, 11) is 0. The summed E-state index contributed by atoms with van der Waals surface area (Å²) in [4.78, 5) is 24.5. The lowest BCUT2D eigenvalue weighted by Gasteiger charge is -2.24. The minimum absolute atomic E-state index is 0.0915. The van der Waals surface area contributed by atoms with Crippen LogP contribution < -0.4 is 0 Å². The predicted molar refractivity (Wildman–Crippen MR) is 90.6 cm³/mol. The zero-order valence-electron chi connectivity index (χ0n) is 14.3. The number of hydrogen-bond donors (Lipinski definition) is 0. The van der Waals surface area contributed by atoms with Crippen LogP contribution in [0.5, 0.6) is 0 Å². The van der Waals surface area contributed by atoms with Crippen LogP contribution in [0.2, 0.25) is 0 Å². The Morgan fingerprint density at radius 3 is 1.96 bits per heavy atom. The van der Waals surface area contributed by atoms with Gasteiger partial charge in [0.05, 0.1) is 13.2 Å². The van der Waals surface area contributed by atoms with Crippen molar-refractivity contribution in [1.29, 1.82) is 0 Å². The van der Waals surface area contributed by atoms with Crippen LogP contribution >= 0.6 is 0 Å². The molecule has 4 nitrogen and oxygen atoms in total. The summed E-state index contributed by atoms with van der Waals surface area (Å²) < 4.78 is 10.2. The molecule has 1 aromatic rings. The van der Waals surface area contributed by atoms with Crippen LogP contribution in [-0.2, 0) is 19.1 Å². The van der Waals surface area contributed by atoms with Crippen molar-refractivity contribution in [3.63, 3.8) is 0 Å². The molecule has 1 rings (SSSR count). The summed E-state index contributed by atoms with van der Waals surface area (Å²) in [5.41, 5.74) is 1.02. The predicted octanol–water partition coefficient (Wildman–Crippen LogP) is 3.71. The second-order valence-corrected chi connectivity index (χ2v) is 5.57. The van der Waals surface area contributed by atoms with Crippen LogP contribution in [0, 0.1) is 17.8 Å². The van der Waals surface area contributed by atoms with Crippen LogP contribution in [0.4, 0.5) is 0 Å². The molecule has 4 heteroatoms. The van der Waals surface area contributed by atoms with E-state index < -0.39 is 17.9 Å². The van der Waals surface area contributed by atoms with E-state index in [0.717, 1.165) is 5.56 Å². The Morgan fingerprint density at radius 1 is 1.00 bits per heavy atom. The normalized spacial score (nSPS) is 12.6. The minimum Gasteiger partial charge on any atom is -0.465 e. The van der Waals surface area contributed by atoms with Gasteiger partial charge in [-0.15, -0.1) is 0 Å². The fourth-order valence-electron chi connectivity index (χ4n) is 2.38. The highest BCUT2D eigenvalue weighted by atomic mass is 16.6. The maximum Gasteiger partial charge on any atom is 0.320 e. The molecule has 0 saturated carbocycles. The summed E-state index contributed by atoms with van der Waals surface area (Å²) in [6, 6.07) is 9.77. The molecule has 0 spiro atoms. The van der Waals surface area contributed by atoms with Crippen LogP contribution in [0.1, 0.15) is 33.3 Å². The van der Waals surface area contributed by atoms with Crippen molar-refractivity contribution in [1.82, 2.24) is 0 Å². The first kappa shape index (κ1) is 18.9. The second kappa shape index (κ2) is 9.82. The van der Waals surface area contributed by atoms with Gasteiger partial charge in [-0.2, -0.15) is 0 Å². The van der Waals surface area contributed by atoms with E-state index >= 15 is 0 Å². The Labute approximate surface area is 138 Å².